The number of nitrogens with zero attached hydrogens (tertiary/aromatic N) is 1. The van der Waals surface area contributed by atoms with Crippen LogP contribution >= 0.6 is 0 Å². The molecule has 0 aliphatic carbocycles. The molecule has 0 saturated carbocycles. The van der Waals surface area contributed by atoms with Gasteiger partial charge >= 0.3 is 5.97 Å². The van der Waals surface area contributed by atoms with Crippen molar-refractivity contribution in [3.63, 3.8) is 0 Å². The first-order chi connectivity index (χ1) is 8.52. The number of rotatable bonds is 7. The van der Waals surface area contributed by atoms with Gasteiger partial charge in [0.05, 0.1) is 12.5 Å². The van der Waals surface area contributed by atoms with Crippen molar-refractivity contribution in [1.82, 2.24) is 5.32 Å². The highest BCUT2D eigenvalue weighted by atomic mass is 16.4. The zero-order valence-corrected chi connectivity index (χ0v) is 10.6. The van der Waals surface area contributed by atoms with Gasteiger partial charge in [-0.25, -0.2) is 0 Å². The van der Waals surface area contributed by atoms with Gasteiger partial charge in [-0.2, -0.15) is 5.26 Å². The third kappa shape index (κ3) is 4.60. The van der Waals surface area contributed by atoms with Crippen molar-refractivity contribution in [2.75, 3.05) is 6.54 Å². The number of hydrogen-bond donors (Lipinski definition) is 2. The Bertz CT molecular complexity index is 432. The smallest absolute Gasteiger partial charge is 0.307 e. The standard InChI is InChI=1S/C13H18N2O3/c1-9(2)5-10(13(16)17)7-15-8-12-4-3-11(6-14)18-12/h3-4,9-10,15H,5,7-8H2,1-2H3,(H,16,17). The summed E-state index contributed by atoms with van der Waals surface area (Å²) in [7, 11) is 0. The minimum atomic E-state index is -0.784. The van der Waals surface area contributed by atoms with E-state index in [-0.39, 0.29) is 5.76 Å². The highest BCUT2D eigenvalue weighted by Crippen LogP contribution is 2.12. The zero-order chi connectivity index (χ0) is 13.5. The molecule has 18 heavy (non-hydrogen) atoms. The minimum Gasteiger partial charge on any atom is -0.481 e. The predicted octanol–water partition coefficient (Wildman–Crippen LogP) is 1.99. The van der Waals surface area contributed by atoms with Gasteiger partial charge in [-0.05, 0) is 24.5 Å². The second-order valence-corrected chi connectivity index (χ2v) is 4.67. The summed E-state index contributed by atoms with van der Waals surface area (Å²) in [6.07, 6.45) is 0.643. The Morgan fingerprint density at radius 3 is 2.78 bits per heavy atom. The van der Waals surface area contributed by atoms with Crippen molar-refractivity contribution < 1.29 is 14.3 Å². The topological polar surface area (TPSA) is 86.3 Å². The van der Waals surface area contributed by atoms with Crippen LogP contribution in [0.25, 0.3) is 0 Å². The van der Waals surface area contributed by atoms with Crippen LogP contribution in [0.5, 0.6) is 0 Å². The lowest BCUT2D eigenvalue weighted by molar-refractivity contribution is -0.142. The lowest BCUT2D eigenvalue weighted by atomic mass is 9.97. The van der Waals surface area contributed by atoms with E-state index >= 15 is 0 Å². The highest BCUT2D eigenvalue weighted by molar-refractivity contribution is 5.70. The first kappa shape index (κ1) is 14.3. The molecule has 0 amide bonds. The predicted molar refractivity (Wildman–Crippen MR) is 65.7 cm³/mol. The summed E-state index contributed by atoms with van der Waals surface area (Å²) < 4.78 is 5.19. The third-order valence-corrected chi connectivity index (χ3v) is 2.57. The van der Waals surface area contributed by atoms with Crippen LogP contribution in [0, 0.1) is 23.2 Å². The van der Waals surface area contributed by atoms with Gasteiger partial charge in [0, 0.05) is 6.54 Å². The van der Waals surface area contributed by atoms with Crippen molar-refractivity contribution in [1.29, 1.82) is 5.26 Å². The molecule has 0 aliphatic rings. The van der Waals surface area contributed by atoms with E-state index in [4.69, 9.17) is 14.8 Å². The number of carboxylic acids is 1. The summed E-state index contributed by atoms with van der Waals surface area (Å²) in [5.41, 5.74) is 0. The summed E-state index contributed by atoms with van der Waals surface area (Å²) in [6.45, 7) is 4.84. The Morgan fingerprint density at radius 1 is 1.56 bits per heavy atom. The van der Waals surface area contributed by atoms with Crippen LogP contribution in [0.15, 0.2) is 16.5 Å². The maximum atomic E-state index is 11.0. The number of hydrogen-bond acceptors (Lipinski definition) is 4. The Hall–Kier alpha value is -1.80. The SMILES string of the molecule is CC(C)CC(CNCc1ccc(C#N)o1)C(=O)O. The molecule has 0 bridgehead atoms. The van der Waals surface area contributed by atoms with E-state index in [0.29, 0.717) is 31.2 Å². The van der Waals surface area contributed by atoms with Crippen LogP contribution in [0.4, 0.5) is 0 Å². The lowest BCUT2D eigenvalue weighted by Crippen LogP contribution is -2.29. The molecule has 1 atom stereocenters. The average molecular weight is 250 g/mol. The molecule has 1 unspecified atom stereocenters. The van der Waals surface area contributed by atoms with Crippen LogP contribution in [0.2, 0.25) is 0 Å². The molecular weight excluding hydrogens is 232 g/mol. The maximum Gasteiger partial charge on any atom is 0.307 e. The molecule has 98 valence electrons. The highest BCUT2D eigenvalue weighted by Gasteiger charge is 2.18. The van der Waals surface area contributed by atoms with Crippen LogP contribution in [-0.4, -0.2) is 17.6 Å². The number of aliphatic carboxylic acids is 1. The Morgan fingerprint density at radius 2 is 2.28 bits per heavy atom. The van der Waals surface area contributed by atoms with E-state index in [1.165, 1.54) is 0 Å². The molecule has 1 aromatic heterocycles. The molecule has 0 spiro atoms. The zero-order valence-electron chi connectivity index (χ0n) is 10.6. The second kappa shape index (κ2) is 6.82. The molecule has 0 aromatic carbocycles. The molecule has 0 fully saturated rings. The maximum absolute atomic E-state index is 11.0. The number of carboxylic acid groups (broad SMARTS) is 1. The Balaban J connectivity index is 2.39. The molecule has 0 aliphatic heterocycles. The molecule has 1 heterocycles. The number of nitrogens with one attached hydrogen (secondary N) is 1. The monoisotopic (exact) mass is 250 g/mol. The van der Waals surface area contributed by atoms with Gasteiger partial charge in [0.25, 0.3) is 0 Å². The van der Waals surface area contributed by atoms with E-state index < -0.39 is 11.9 Å². The van der Waals surface area contributed by atoms with Crippen LogP contribution in [-0.2, 0) is 11.3 Å². The third-order valence-electron chi connectivity index (χ3n) is 2.57. The fourth-order valence-electron chi connectivity index (χ4n) is 1.74. The van der Waals surface area contributed by atoms with Crippen molar-refractivity contribution in [2.24, 2.45) is 11.8 Å². The second-order valence-electron chi connectivity index (χ2n) is 4.67. The van der Waals surface area contributed by atoms with Crippen molar-refractivity contribution in [2.45, 2.75) is 26.8 Å². The quantitative estimate of drug-likeness (QED) is 0.772. The van der Waals surface area contributed by atoms with E-state index in [2.05, 4.69) is 5.32 Å². The Kier molecular flexibility index (Phi) is 5.40. The fourth-order valence-corrected chi connectivity index (χ4v) is 1.74. The number of furan rings is 1. The summed E-state index contributed by atoms with van der Waals surface area (Å²) in [6, 6.07) is 5.21. The molecule has 1 aromatic rings. The van der Waals surface area contributed by atoms with Gasteiger partial charge in [-0.15, -0.1) is 0 Å². The molecule has 0 radical (unpaired) electrons. The molecule has 5 nitrogen and oxygen atoms in total. The molecular formula is C13H18N2O3. The van der Waals surface area contributed by atoms with Gasteiger partial charge < -0.3 is 14.8 Å². The molecule has 2 N–H and O–H groups in total. The van der Waals surface area contributed by atoms with Gasteiger partial charge in [-0.1, -0.05) is 13.8 Å². The van der Waals surface area contributed by atoms with Crippen molar-refractivity contribution in [3.05, 3.63) is 23.7 Å². The van der Waals surface area contributed by atoms with Gasteiger partial charge in [0.1, 0.15) is 11.8 Å². The lowest BCUT2D eigenvalue weighted by Gasteiger charge is -2.14. The number of nitriles is 1. The molecule has 1 rings (SSSR count). The van der Waals surface area contributed by atoms with E-state index in [1.807, 2.05) is 19.9 Å². The average Bonchev–Trinajstić information content (AvgIpc) is 2.75. The van der Waals surface area contributed by atoms with Gasteiger partial charge in [-0.3, -0.25) is 4.79 Å². The largest absolute Gasteiger partial charge is 0.481 e. The first-order valence-electron chi connectivity index (χ1n) is 5.95. The molecule has 0 saturated heterocycles. The Labute approximate surface area is 106 Å². The van der Waals surface area contributed by atoms with Crippen molar-refractivity contribution >= 4 is 5.97 Å². The molecule has 5 heteroatoms. The fraction of sp³-hybridized carbons (Fsp3) is 0.538. The van der Waals surface area contributed by atoms with Crippen LogP contribution in [0.1, 0.15) is 31.8 Å². The summed E-state index contributed by atoms with van der Waals surface area (Å²) in [5.74, 6) is 0.0782. The normalized spacial score (nSPS) is 12.3. The summed E-state index contributed by atoms with van der Waals surface area (Å²) in [5, 5.41) is 20.7. The van der Waals surface area contributed by atoms with Crippen LogP contribution < -0.4 is 5.32 Å². The number of carbonyl (C=O) groups is 1. The van der Waals surface area contributed by atoms with E-state index in [9.17, 15) is 4.79 Å². The van der Waals surface area contributed by atoms with E-state index in [1.54, 1.807) is 12.1 Å². The first-order valence-corrected chi connectivity index (χ1v) is 5.95. The van der Waals surface area contributed by atoms with Crippen LogP contribution in [0.3, 0.4) is 0 Å². The van der Waals surface area contributed by atoms with Gasteiger partial charge in [0.15, 0.2) is 0 Å². The van der Waals surface area contributed by atoms with Gasteiger partial charge in [0.2, 0.25) is 5.76 Å². The van der Waals surface area contributed by atoms with E-state index in [0.717, 1.165) is 0 Å². The van der Waals surface area contributed by atoms with Crippen molar-refractivity contribution in [3.8, 4) is 6.07 Å². The minimum absolute atomic E-state index is 0.267. The summed E-state index contributed by atoms with van der Waals surface area (Å²) in [4.78, 5) is 11.0. The summed E-state index contributed by atoms with van der Waals surface area (Å²) >= 11 is 0.